The third kappa shape index (κ3) is 5.91. The molecule has 0 amide bonds. The maximum Gasteiger partial charge on any atom is 0.349 e. The maximum absolute atomic E-state index is 12.7. The number of carbonyl (C=O) groups is 4. The number of ether oxygens (including phenoxy) is 1. The first-order valence-electron chi connectivity index (χ1n) is 7.32. The molecular formula is C17H22O8. The number of hydrogen-bond donors (Lipinski definition) is 3. The molecule has 0 aliphatic carbocycles. The quantitative estimate of drug-likeness (QED) is 0.337. The van der Waals surface area contributed by atoms with E-state index in [-0.39, 0.29) is 19.3 Å². The van der Waals surface area contributed by atoms with Gasteiger partial charge in [0.15, 0.2) is 0 Å². The lowest BCUT2D eigenvalue weighted by Gasteiger charge is -2.34. The monoisotopic (exact) mass is 354 g/mol. The van der Waals surface area contributed by atoms with Gasteiger partial charge >= 0.3 is 23.9 Å². The lowest BCUT2D eigenvalue weighted by atomic mass is 9.77. The molecule has 0 atom stereocenters. The molecule has 0 bridgehead atoms. The van der Waals surface area contributed by atoms with Gasteiger partial charge in [-0.25, -0.2) is 4.79 Å². The Bertz CT molecular complexity index is 533. The Labute approximate surface area is 145 Å². The fourth-order valence-corrected chi connectivity index (χ4v) is 2.43. The summed E-state index contributed by atoms with van der Waals surface area (Å²) < 4.78 is 5.00. The summed E-state index contributed by atoms with van der Waals surface area (Å²) in [6, 6.07) is 0. The minimum atomic E-state index is -2.72. The molecule has 8 nitrogen and oxygen atoms in total. The molecule has 138 valence electrons. The van der Waals surface area contributed by atoms with Crippen LogP contribution in [-0.4, -0.2) is 44.8 Å². The number of esters is 1. The standard InChI is InChI=1S/C17H22O8/c1-4-7-16(8-5-2,9-6-3)15(24)25-17(14(22)23,10-12(18)19)11-13(20)21/h4-6H,1-3,7-11H2,(H,18,19)(H,20,21)(H,22,23). The molecule has 0 saturated heterocycles. The molecule has 0 radical (unpaired) electrons. The summed E-state index contributed by atoms with van der Waals surface area (Å²) in [5.74, 6) is -6.12. The highest BCUT2D eigenvalue weighted by Crippen LogP contribution is 2.37. The topological polar surface area (TPSA) is 138 Å². The van der Waals surface area contributed by atoms with E-state index in [4.69, 9.17) is 14.9 Å². The number of carbonyl (C=O) groups excluding carboxylic acids is 1. The molecule has 25 heavy (non-hydrogen) atoms. The van der Waals surface area contributed by atoms with Crippen LogP contribution >= 0.6 is 0 Å². The van der Waals surface area contributed by atoms with Gasteiger partial charge in [0.2, 0.25) is 5.60 Å². The van der Waals surface area contributed by atoms with Gasteiger partial charge in [0, 0.05) is 0 Å². The summed E-state index contributed by atoms with van der Waals surface area (Å²) in [5, 5.41) is 27.2. The smallest absolute Gasteiger partial charge is 0.349 e. The van der Waals surface area contributed by atoms with Crippen molar-refractivity contribution in [3.8, 4) is 0 Å². The predicted octanol–water partition coefficient (Wildman–Crippen LogP) is 2.02. The largest absolute Gasteiger partial charge is 0.481 e. The lowest BCUT2D eigenvalue weighted by molar-refractivity contribution is -0.192. The molecule has 0 aliphatic heterocycles. The van der Waals surface area contributed by atoms with Gasteiger partial charge in [-0.15, -0.1) is 19.7 Å². The lowest BCUT2D eigenvalue weighted by Crippen LogP contribution is -2.50. The van der Waals surface area contributed by atoms with Crippen molar-refractivity contribution in [3.63, 3.8) is 0 Å². The molecule has 8 heteroatoms. The molecule has 0 aromatic carbocycles. The van der Waals surface area contributed by atoms with E-state index in [2.05, 4.69) is 19.7 Å². The second-order valence-corrected chi connectivity index (χ2v) is 5.59. The minimum Gasteiger partial charge on any atom is -0.481 e. The van der Waals surface area contributed by atoms with Gasteiger partial charge in [0.1, 0.15) is 0 Å². The van der Waals surface area contributed by atoms with Crippen molar-refractivity contribution in [2.75, 3.05) is 0 Å². The highest BCUT2D eigenvalue weighted by atomic mass is 16.6. The predicted molar refractivity (Wildman–Crippen MR) is 87.8 cm³/mol. The summed E-state index contributed by atoms with van der Waals surface area (Å²) >= 11 is 0. The molecule has 0 aromatic rings. The van der Waals surface area contributed by atoms with Crippen LogP contribution in [0.15, 0.2) is 38.0 Å². The Morgan fingerprint density at radius 2 is 1.16 bits per heavy atom. The Kier molecular flexibility index (Phi) is 8.32. The molecule has 0 fully saturated rings. The van der Waals surface area contributed by atoms with Crippen LogP contribution in [-0.2, 0) is 23.9 Å². The zero-order valence-electron chi connectivity index (χ0n) is 13.8. The highest BCUT2D eigenvalue weighted by Gasteiger charge is 2.50. The van der Waals surface area contributed by atoms with Gasteiger partial charge in [0.25, 0.3) is 0 Å². The summed E-state index contributed by atoms with van der Waals surface area (Å²) in [6.45, 7) is 10.6. The number of rotatable bonds is 13. The van der Waals surface area contributed by atoms with Crippen molar-refractivity contribution in [2.45, 2.75) is 37.7 Å². The van der Waals surface area contributed by atoms with Crippen LogP contribution in [0.5, 0.6) is 0 Å². The van der Waals surface area contributed by atoms with Crippen LogP contribution in [0.2, 0.25) is 0 Å². The van der Waals surface area contributed by atoms with Gasteiger partial charge < -0.3 is 20.1 Å². The number of aliphatic carboxylic acids is 3. The van der Waals surface area contributed by atoms with E-state index >= 15 is 0 Å². The number of allylic oxidation sites excluding steroid dienone is 3. The molecule has 0 aliphatic rings. The summed E-state index contributed by atoms with van der Waals surface area (Å²) in [5.41, 5.74) is -4.01. The van der Waals surface area contributed by atoms with E-state index in [0.717, 1.165) is 0 Å². The van der Waals surface area contributed by atoms with E-state index in [1.165, 1.54) is 18.2 Å². The van der Waals surface area contributed by atoms with E-state index in [1.807, 2.05) is 0 Å². The van der Waals surface area contributed by atoms with Crippen LogP contribution in [0, 0.1) is 5.41 Å². The Balaban J connectivity index is 6.00. The first-order valence-corrected chi connectivity index (χ1v) is 7.32. The van der Waals surface area contributed by atoms with Gasteiger partial charge in [-0.05, 0) is 19.3 Å². The number of carboxylic acids is 3. The Morgan fingerprint density at radius 3 is 1.40 bits per heavy atom. The van der Waals surface area contributed by atoms with Crippen LogP contribution in [0.3, 0.4) is 0 Å². The summed E-state index contributed by atoms with van der Waals surface area (Å²) in [7, 11) is 0. The Morgan fingerprint density at radius 1 is 0.800 bits per heavy atom. The first-order chi connectivity index (χ1) is 11.6. The van der Waals surface area contributed by atoms with Crippen molar-refractivity contribution in [3.05, 3.63) is 38.0 Å². The average molecular weight is 354 g/mol. The molecule has 0 saturated carbocycles. The van der Waals surface area contributed by atoms with E-state index < -0.39 is 47.7 Å². The molecule has 0 rings (SSSR count). The highest BCUT2D eigenvalue weighted by molar-refractivity contribution is 5.91. The van der Waals surface area contributed by atoms with Gasteiger partial charge in [-0.2, -0.15) is 0 Å². The van der Waals surface area contributed by atoms with Crippen LogP contribution in [0.4, 0.5) is 0 Å². The van der Waals surface area contributed by atoms with E-state index in [9.17, 15) is 24.3 Å². The molecule has 0 heterocycles. The van der Waals surface area contributed by atoms with Gasteiger partial charge in [0.05, 0.1) is 18.3 Å². The second kappa shape index (κ2) is 9.41. The van der Waals surface area contributed by atoms with Crippen LogP contribution in [0.25, 0.3) is 0 Å². The van der Waals surface area contributed by atoms with Gasteiger partial charge in [-0.1, -0.05) is 18.2 Å². The summed E-state index contributed by atoms with van der Waals surface area (Å²) in [4.78, 5) is 46.3. The molecule has 0 spiro atoms. The minimum absolute atomic E-state index is 0.0831. The summed E-state index contributed by atoms with van der Waals surface area (Å²) in [6.07, 6.45) is 2.14. The van der Waals surface area contributed by atoms with Crippen molar-refractivity contribution in [1.82, 2.24) is 0 Å². The van der Waals surface area contributed by atoms with Crippen molar-refractivity contribution in [2.24, 2.45) is 5.41 Å². The normalized spacial score (nSPS) is 11.2. The molecule has 3 N–H and O–H groups in total. The third-order valence-corrected chi connectivity index (χ3v) is 3.59. The van der Waals surface area contributed by atoms with Gasteiger partial charge in [-0.3, -0.25) is 14.4 Å². The Hall–Kier alpha value is -2.90. The second-order valence-electron chi connectivity index (χ2n) is 5.59. The zero-order valence-corrected chi connectivity index (χ0v) is 13.8. The van der Waals surface area contributed by atoms with Crippen LogP contribution < -0.4 is 0 Å². The molecule has 0 unspecified atom stereocenters. The average Bonchev–Trinajstić information content (AvgIpc) is 2.46. The number of hydrogen-bond acceptors (Lipinski definition) is 5. The van der Waals surface area contributed by atoms with E-state index in [1.54, 1.807) is 0 Å². The zero-order chi connectivity index (χ0) is 19.7. The third-order valence-electron chi connectivity index (χ3n) is 3.59. The SMILES string of the molecule is C=CCC(CC=C)(CC=C)C(=O)OC(CC(=O)O)(CC(=O)O)C(=O)O. The van der Waals surface area contributed by atoms with Crippen LogP contribution in [0.1, 0.15) is 32.1 Å². The fourth-order valence-electron chi connectivity index (χ4n) is 2.43. The first kappa shape index (κ1) is 22.1. The molecule has 0 aromatic heterocycles. The van der Waals surface area contributed by atoms with E-state index in [0.29, 0.717) is 0 Å². The maximum atomic E-state index is 12.7. The number of carboxylic acid groups (broad SMARTS) is 3. The van der Waals surface area contributed by atoms with Crippen molar-refractivity contribution < 1.29 is 39.2 Å². The molecular weight excluding hydrogens is 332 g/mol. The van der Waals surface area contributed by atoms with Crippen molar-refractivity contribution >= 4 is 23.9 Å². The fraction of sp³-hybridized carbons (Fsp3) is 0.412. The van der Waals surface area contributed by atoms with Crippen molar-refractivity contribution in [1.29, 1.82) is 0 Å².